The van der Waals surface area contributed by atoms with Crippen LogP contribution in [0.15, 0.2) is 0 Å². The Hall–Kier alpha value is -1.01. The second-order valence-electron chi connectivity index (χ2n) is 3.68. The third kappa shape index (κ3) is 2.97. The summed E-state index contributed by atoms with van der Waals surface area (Å²) in [4.78, 5) is 11.7. The molecule has 6 heteroatoms. The van der Waals surface area contributed by atoms with E-state index in [4.69, 9.17) is 0 Å². The number of anilines is 1. The topological polar surface area (TPSA) is 66.9 Å². The summed E-state index contributed by atoms with van der Waals surface area (Å²) in [5, 5.41) is 14.9. The first kappa shape index (κ1) is 12.1. The van der Waals surface area contributed by atoms with Crippen LogP contribution in [0.25, 0.3) is 0 Å². The molecular formula is C9H16N4OS. The lowest BCUT2D eigenvalue weighted by Gasteiger charge is -2.21. The van der Waals surface area contributed by atoms with E-state index in [2.05, 4.69) is 20.8 Å². The summed E-state index contributed by atoms with van der Waals surface area (Å²) < 4.78 is 0. The molecule has 0 aliphatic rings. The fourth-order valence-corrected chi connectivity index (χ4v) is 1.49. The third-order valence-electron chi connectivity index (χ3n) is 2.18. The van der Waals surface area contributed by atoms with E-state index in [0.29, 0.717) is 5.13 Å². The largest absolute Gasteiger partial charge is 0.307 e. The van der Waals surface area contributed by atoms with Crippen molar-refractivity contribution in [2.24, 2.45) is 0 Å². The molecule has 0 fully saturated rings. The van der Waals surface area contributed by atoms with Gasteiger partial charge in [0.1, 0.15) is 5.01 Å². The zero-order chi connectivity index (χ0) is 11.5. The van der Waals surface area contributed by atoms with Crippen molar-refractivity contribution in [3.05, 3.63) is 5.01 Å². The second kappa shape index (κ2) is 4.67. The first-order valence-corrected chi connectivity index (χ1v) is 5.64. The molecule has 15 heavy (non-hydrogen) atoms. The van der Waals surface area contributed by atoms with Crippen LogP contribution in [0.3, 0.4) is 0 Å². The van der Waals surface area contributed by atoms with Crippen molar-refractivity contribution in [1.29, 1.82) is 0 Å². The maximum Gasteiger partial charge on any atom is 0.245 e. The number of nitrogens with zero attached hydrogens (tertiary/aromatic N) is 2. The van der Waals surface area contributed by atoms with Crippen molar-refractivity contribution < 1.29 is 4.79 Å². The summed E-state index contributed by atoms with van der Waals surface area (Å²) in [7, 11) is 1.75. The number of amides is 1. The summed E-state index contributed by atoms with van der Waals surface area (Å²) in [6.07, 6.45) is 0.836. The lowest BCUT2D eigenvalue weighted by Crippen LogP contribution is -2.47. The summed E-state index contributed by atoms with van der Waals surface area (Å²) in [6, 6.07) is 0. The lowest BCUT2D eigenvalue weighted by atomic mass is 10.1. The van der Waals surface area contributed by atoms with Crippen LogP contribution in [0.2, 0.25) is 0 Å². The molecule has 0 aliphatic heterocycles. The van der Waals surface area contributed by atoms with Crippen molar-refractivity contribution in [2.45, 2.75) is 32.7 Å². The number of likely N-dealkylation sites (N-methyl/N-ethyl adjacent to an activating group) is 1. The molecule has 0 aromatic carbocycles. The Balaban J connectivity index is 2.66. The van der Waals surface area contributed by atoms with E-state index < -0.39 is 5.54 Å². The normalized spacial score (nSPS) is 11.5. The van der Waals surface area contributed by atoms with Crippen molar-refractivity contribution in [3.63, 3.8) is 0 Å². The standard InChI is InChI=1S/C9H16N4OS/c1-5-6-12-13-8(15-6)11-7(14)9(2,3)10-4/h10H,5H2,1-4H3,(H,11,13,14). The Labute approximate surface area is 93.3 Å². The summed E-state index contributed by atoms with van der Waals surface area (Å²) >= 11 is 1.41. The molecule has 1 rings (SSSR count). The van der Waals surface area contributed by atoms with Gasteiger partial charge in [-0.05, 0) is 27.3 Å². The maximum atomic E-state index is 11.7. The van der Waals surface area contributed by atoms with Gasteiger partial charge in [0.25, 0.3) is 0 Å². The van der Waals surface area contributed by atoms with Gasteiger partial charge < -0.3 is 5.32 Å². The quantitative estimate of drug-likeness (QED) is 0.808. The summed E-state index contributed by atoms with van der Waals surface area (Å²) in [6.45, 7) is 5.62. The molecule has 0 saturated heterocycles. The highest BCUT2D eigenvalue weighted by Gasteiger charge is 2.25. The highest BCUT2D eigenvalue weighted by atomic mass is 32.1. The molecule has 0 spiro atoms. The first-order valence-electron chi connectivity index (χ1n) is 4.82. The van der Waals surface area contributed by atoms with Crippen LogP contribution in [-0.4, -0.2) is 28.7 Å². The smallest absolute Gasteiger partial charge is 0.245 e. The number of aromatic nitrogens is 2. The molecule has 0 atom stereocenters. The highest BCUT2D eigenvalue weighted by molar-refractivity contribution is 7.15. The monoisotopic (exact) mass is 228 g/mol. The van der Waals surface area contributed by atoms with Crippen molar-refractivity contribution >= 4 is 22.4 Å². The van der Waals surface area contributed by atoms with Crippen LogP contribution in [0, 0.1) is 0 Å². The molecule has 0 bridgehead atoms. The van der Waals surface area contributed by atoms with E-state index >= 15 is 0 Å². The molecule has 0 unspecified atom stereocenters. The highest BCUT2D eigenvalue weighted by Crippen LogP contribution is 2.16. The number of carbonyl (C=O) groups is 1. The van der Waals surface area contributed by atoms with Gasteiger partial charge in [0.05, 0.1) is 5.54 Å². The van der Waals surface area contributed by atoms with Gasteiger partial charge in [0.15, 0.2) is 0 Å². The zero-order valence-corrected chi connectivity index (χ0v) is 10.2. The van der Waals surface area contributed by atoms with Crippen LogP contribution >= 0.6 is 11.3 Å². The number of carbonyl (C=O) groups excluding carboxylic acids is 1. The molecule has 5 nitrogen and oxygen atoms in total. The van der Waals surface area contributed by atoms with E-state index in [-0.39, 0.29) is 5.91 Å². The van der Waals surface area contributed by atoms with Gasteiger partial charge in [-0.3, -0.25) is 10.1 Å². The number of aryl methyl sites for hydroxylation is 1. The fourth-order valence-electron chi connectivity index (χ4n) is 0.814. The molecule has 1 heterocycles. The maximum absolute atomic E-state index is 11.7. The average Bonchev–Trinajstić information content (AvgIpc) is 2.65. The average molecular weight is 228 g/mol. The van der Waals surface area contributed by atoms with E-state index in [9.17, 15) is 4.79 Å². The van der Waals surface area contributed by atoms with Gasteiger partial charge in [0, 0.05) is 0 Å². The molecule has 1 amide bonds. The predicted octanol–water partition coefficient (Wildman–Crippen LogP) is 1.04. The Morgan fingerprint density at radius 1 is 1.47 bits per heavy atom. The van der Waals surface area contributed by atoms with Gasteiger partial charge in [-0.25, -0.2) is 0 Å². The minimum atomic E-state index is -0.599. The molecular weight excluding hydrogens is 212 g/mol. The SMILES string of the molecule is CCc1nnc(NC(=O)C(C)(C)NC)s1. The molecule has 0 saturated carbocycles. The Morgan fingerprint density at radius 2 is 2.13 bits per heavy atom. The Bertz CT molecular complexity index is 348. The van der Waals surface area contributed by atoms with Crippen LogP contribution < -0.4 is 10.6 Å². The molecule has 84 valence electrons. The van der Waals surface area contributed by atoms with Gasteiger partial charge in [-0.2, -0.15) is 0 Å². The van der Waals surface area contributed by atoms with Crippen LogP contribution in [0.4, 0.5) is 5.13 Å². The number of hydrogen-bond acceptors (Lipinski definition) is 5. The molecule has 1 aromatic heterocycles. The number of nitrogens with one attached hydrogen (secondary N) is 2. The van der Waals surface area contributed by atoms with Crippen LogP contribution in [0.5, 0.6) is 0 Å². The van der Waals surface area contributed by atoms with Gasteiger partial charge in [0.2, 0.25) is 11.0 Å². The lowest BCUT2D eigenvalue weighted by molar-refractivity contribution is -0.121. The van der Waals surface area contributed by atoms with Gasteiger partial charge in [-0.1, -0.05) is 18.3 Å². The second-order valence-corrected chi connectivity index (χ2v) is 4.75. The summed E-state index contributed by atoms with van der Waals surface area (Å²) in [5.74, 6) is -0.108. The van der Waals surface area contributed by atoms with Gasteiger partial charge >= 0.3 is 0 Å². The first-order chi connectivity index (χ1) is 6.99. The molecule has 0 radical (unpaired) electrons. The van der Waals surface area contributed by atoms with E-state index in [1.807, 2.05) is 20.8 Å². The minimum absolute atomic E-state index is 0.108. The van der Waals surface area contributed by atoms with Crippen molar-refractivity contribution in [1.82, 2.24) is 15.5 Å². The molecule has 0 aliphatic carbocycles. The molecule has 1 aromatic rings. The Morgan fingerprint density at radius 3 is 2.60 bits per heavy atom. The van der Waals surface area contributed by atoms with Gasteiger partial charge in [-0.15, -0.1) is 10.2 Å². The zero-order valence-electron chi connectivity index (χ0n) is 9.42. The van der Waals surface area contributed by atoms with E-state index in [1.165, 1.54) is 11.3 Å². The Kier molecular flexibility index (Phi) is 3.76. The van der Waals surface area contributed by atoms with Crippen LogP contribution in [0.1, 0.15) is 25.8 Å². The van der Waals surface area contributed by atoms with E-state index in [1.54, 1.807) is 7.05 Å². The van der Waals surface area contributed by atoms with Crippen LogP contribution in [-0.2, 0) is 11.2 Å². The molecule has 2 N–H and O–H groups in total. The van der Waals surface area contributed by atoms with Crippen molar-refractivity contribution in [2.75, 3.05) is 12.4 Å². The predicted molar refractivity (Wildman–Crippen MR) is 61.1 cm³/mol. The van der Waals surface area contributed by atoms with Crippen molar-refractivity contribution in [3.8, 4) is 0 Å². The summed E-state index contributed by atoms with van der Waals surface area (Å²) in [5.41, 5.74) is -0.599. The van der Waals surface area contributed by atoms with E-state index in [0.717, 1.165) is 11.4 Å². The number of rotatable bonds is 4. The third-order valence-corrected chi connectivity index (χ3v) is 3.17. The fraction of sp³-hybridized carbons (Fsp3) is 0.667. The minimum Gasteiger partial charge on any atom is -0.307 e. The number of hydrogen-bond donors (Lipinski definition) is 2.